The predicted octanol–water partition coefficient (Wildman–Crippen LogP) is 4.67. The van der Waals surface area contributed by atoms with Crippen molar-refractivity contribution in [2.24, 2.45) is 0 Å². The van der Waals surface area contributed by atoms with Gasteiger partial charge >= 0.3 is 0 Å². The van der Waals surface area contributed by atoms with Crippen LogP contribution in [-0.4, -0.2) is 11.5 Å². The largest absolute Gasteiger partial charge is 0.288 e. The van der Waals surface area contributed by atoms with Crippen molar-refractivity contribution in [3.63, 3.8) is 0 Å². The molecule has 1 nitrogen and oxygen atoms in total. The van der Waals surface area contributed by atoms with Crippen LogP contribution in [0.25, 0.3) is 0 Å². The zero-order chi connectivity index (χ0) is 13.4. The minimum Gasteiger partial charge on any atom is -0.288 e. The zero-order valence-electron chi connectivity index (χ0n) is 9.91. The van der Waals surface area contributed by atoms with Gasteiger partial charge in [0.1, 0.15) is 5.82 Å². The Labute approximate surface area is 127 Å². The summed E-state index contributed by atoms with van der Waals surface area (Å²) in [5.74, 6) is 1.38. The summed E-state index contributed by atoms with van der Waals surface area (Å²) in [5, 5.41) is 0. The van der Waals surface area contributed by atoms with Crippen molar-refractivity contribution >= 4 is 44.8 Å². The molecule has 0 aliphatic carbocycles. The van der Waals surface area contributed by atoms with E-state index in [9.17, 15) is 9.18 Å². The molecule has 1 aromatic carbocycles. The Bertz CT molecular complexity index is 627. The third-order valence-electron chi connectivity index (χ3n) is 3.02. The molecule has 98 valence electrons. The molecule has 0 fully saturated rings. The van der Waals surface area contributed by atoms with Gasteiger partial charge in [0.2, 0.25) is 5.78 Å². The molecular weight excluding hydrogens is 347 g/mol. The van der Waals surface area contributed by atoms with Crippen LogP contribution in [0.15, 0.2) is 28.7 Å². The molecule has 0 N–H and O–H groups in total. The minimum atomic E-state index is -0.464. The Kier molecular flexibility index (Phi) is 3.78. The second kappa shape index (κ2) is 5.38. The normalized spacial score (nSPS) is 14.2. The molecule has 19 heavy (non-hydrogen) atoms. The second-order valence-electron chi connectivity index (χ2n) is 4.31. The number of ketones is 1. The molecule has 1 aromatic heterocycles. The van der Waals surface area contributed by atoms with Crippen LogP contribution in [-0.2, 0) is 12.2 Å². The lowest BCUT2D eigenvalue weighted by atomic mass is 10.1. The maximum atomic E-state index is 13.7. The number of carbonyl (C=O) groups excluding carboxylic acids is 1. The Balaban J connectivity index is 1.99. The quantitative estimate of drug-likeness (QED) is 0.727. The molecule has 5 heteroatoms. The van der Waals surface area contributed by atoms with Crippen molar-refractivity contribution in [1.29, 1.82) is 0 Å². The number of thiophene rings is 1. The van der Waals surface area contributed by atoms with E-state index in [1.165, 1.54) is 27.8 Å². The van der Waals surface area contributed by atoms with E-state index in [1.807, 2.05) is 17.8 Å². The molecule has 0 unspecified atom stereocenters. The van der Waals surface area contributed by atoms with Crippen LogP contribution >= 0.6 is 39.0 Å². The molecule has 0 atom stereocenters. The smallest absolute Gasteiger partial charge is 0.205 e. The first-order chi connectivity index (χ1) is 9.15. The first kappa shape index (κ1) is 13.3. The lowest BCUT2D eigenvalue weighted by Gasteiger charge is -2.08. The number of benzene rings is 1. The van der Waals surface area contributed by atoms with Crippen LogP contribution in [0.3, 0.4) is 0 Å². The van der Waals surface area contributed by atoms with Gasteiger partial charge in [0.15, 0.2) is 0 Å². The number of hydrogen-bond donors (Lipinski definition) is 0. The van der Waals surface area contributed by atoms with E-state index in [4.69, 9.17) is 0 Å². The monoisotopic (exact) mass is 356 g/mol. The van der Waals surface area contributed by atoms with Crippen molar-refractivity contribution in [1.82, 2.24) is 0 Å². The van der Waals surface area contributed by atoms with E-state index < -0.39 is 5.82 Å². The molecule has 0 radical (unpaired) electrons. The van der Waals surface area contributed by atoms with Crippen LogP contribution in [0.1, 0.15) is 25.7 Å². The van der Waals surface area contributed by atoms with Crippen molar-refractivity contribution < 1.29 is 9.18 Å². The number of rotatable bonds is 2. The number of halogens is 2. The summed E-state index contributed by atoms with van der Waals surface area (Å²) in [6.07, 6.45) is 1.01. The third kappa shape index (κ3) is 2.64. The second-order valence-corrected chi connectivity index (χ2v) is 7.47. The summed E-state index contributed by atoms with van der Waals surface area (Å²) < 4.78 is 14.5. The highest BCUT2D eigenvalue weighted by atomic mass is 79.9. The van der Waals surface area contributed by atoms with E-state index >= 15 is 0 Å². The van der Waals surface area contributed by atoms with Gasteiger partial charge in [-0.1, -0.05) is 15.9 Å². The molecule has 1 aliphatic rings. The lowest BCUT2D eigenvalue weighted by molar-refractivity contribution is 0.103. The molecule has 1 aliphatic heterocycles. The van der Waals surface area contributed by atoms with Gasteiger partial charge in [-0.2, -0.15) is 11.8 Å². The van der Waals surface area contributed by atoms with E-state index in [1.54, 1.807) is 12.1 Å². The van der Waals surface area contributed by atoms with Gasteiger partial charge in [-0.15, -0.1) is 11.3 Å². The molecule has 3 rings (SSSR count). The highest BCUT2D eigenvalue weighted by Crippen LogP contribution is 2.33. The first-order valence-corrected chi connectivity index (χ1v) is 8.60. The number of carbonyl (C=O) groups is 1. The van der Waals surface area contributed by atoms with Crippen molar-refractivity contribution in [2.45, 2.75) is 12.2 Å². The average Bonchev–Trinajstić information content (AvgIpc) is 2.84. The summed E-state index contributed by atoms with van der Waals surface area (Å²) in [6, 6.07) is 6.39. The van der Waals surface area contributed by atoms with Crippen molar-refractivity contribution in [3.8, 4) is 0 Å². The highest BCUT2D eigenvalue weighted by Gasteiger charge is 2.20. The number of hydrogen-bond acceptors (Lipinski definition) is 3. The fourth-order valence-corrected chi connectivity index (χ4v) is 4.75. The Morgan fingerprint density at radius 2 is 2.16 bits per heavy atom. The van der Waals surface area contributed by atoms with Crippen LogP contribution in [0.2, 0.25) is 0 Å². The molecule has 0 spiro atoms. The first-order valence-electron chi connectivity index (χ1n) is 5.84. The summed E-state index contributed by atoms with van der Waals surface area (Å²) in [5.41, 5.74) is 1.38. The highest BCUT2D eigenvalue weighted by molar-refractivity contribution is 9.10. The summed E-state index contributed by atoms with van der Waals surface area (Å²) in [6.45, 7) is 0. The van der Waals surface area contributed by atoms with E-state index in [0.29, 0.717) is 9.35 Å². The summed E-state index contributed by atoms with van der Waals surface area (Å²) >= 11 is 6.66. The SMILES string of the molecule is O=C(c1cc2c(s1)CCSC2)c1cc(Br)ccc1F. The van der Waals surface area contributed by atoms with Gasteiger partial charge in [-0.3, -0.25) is 4.79 Å². The molecular formula is C14H10BrFOS2. The lowest BCUT2D eigenvalue weighted by Crippen LogP contribution is -2.02. The minimum absolute atomic E-state index is 0.139. The number of aryl methyl sites for hydroxylation is 1. The van der Waals surface area contributed by atoms with Gasteiger partial charge in [-0.25, -0.2) is 4.39 Å². The zero-order valence-corrected chi connectivity index (χ0v) is 13.1. The Hall–Kier alpha value is -0.650. The van der Waals surface area contributed by atoms with Crippen LogP contribution in [0.4, 0.5) is 4.39 Å². The third-order valence-corrected chi connectivity index (χ3v) is 5.76. The average molecular weight is 357 g/mol. The predicted molar refractivity (Wildman–Crippen MR) is 81.7 cm³/mol. The van der Waals surface area contributed by atoms with E-state index in [0.717, 1.165) is 17.9 Å². The molecule has 2 aromatic rings. The van der Waals surface area contributed by atoms with Crippen LogP contribution in [0.5, 0.6) is 0 Å². The summed E-state index contributed by atoms with van der Waals surface area (Å²) in [4.78, 5) is 14.3. The number of fused-ring (bicyclic) bond motifs is 1. The van der Waals surface area contributed by atoms with Gasteiger partial charge in [0.05, 0.1) is 10.4 Å². The topological polar surface area (TPSA) is 17.1 Å². The Morgan fingerprint density at radius 1 is 1.32 bits per heavy atom. The summed E-state index contributed by atoms with van der Waals surface area (Å²) in [7, 11) is 0. The van der Waals surface area contributed by atoms with Crippen LogP contribution in [0, 0.1) is 5.82 Å². The van der Waals surface area contributed by atoms with Gasteiger partial charge in [0.25, 0.3) is 0 Å². The van der Waals surface area contributed by atoms with E-state index in [2.05, 4.69) is 15.9 Å². The van der Waals surface area contributed by atoms with Crippen molar-refractivity contribution in [3.05, 3.63) is 55.4 Å². The maximum absolute atomic E-state index is 13.7. The van der Waals surface area contributed by atoms with E-state index in [-0.39, 0.29) is 11.3 Å². The van der Waals surface area contributed by atoms with Gasteiger partial charge < -0.3 is 0 Å². The Morgan fingerprint density at radius 3 is 2.95 bits per heavy atom. The van der Waals surface area contributed by atoms with Crippen LogP contribution < -0.4 is 0 Å². The van der Waals surface area contributed by atoms with Crippen molar-refractivity contribution in [2.75, 3.05) is 5.75 Å². The molecule has 2 heterocycles. The molecule has 0 saturated carbocycles. The number of thioether (sulfide) groups is 1. The van der Waals surface area contributed by atoms with Gasteiger partial charge in [-0.05, 0) is 42.0 Å². The molecule has 0 bridgehead atoms. The maximum Gasteiger partial charge on any atom is 0.205 e. The fraction of sp³-hybridized carbons (Fsp3) is 0.214. The fourth-order valence-electron chi connectivity index (χ4n) is 2.06. The molecule has 0 amide bonds. The standard InChI is InChI=1S/C14H10BrFOS2/c15-9-1-2-11(16)10(6-9)14(17)13-5-8-7-18-4-3-12(8)19-13/h1-2,5-6H,3-4,7H2. The van der Waals surface area contributed by atoms with Gasteiger partial charge in [0, 0.05) is 15.1 Å². The molecule has 0 saturated heterocycles.